The Morgan fingerprint density at radius 2 is 1.96 bits per heavy atom. The number of ether oxygens (including phenoxy) is 2. The van der Waals surface area contributed by atoms with Crippen molar-refractivity contribution in [1.29, 1.82) is 0 Å². The number of rotatable bonds is 7. The lowest BCUT2D eigenvalue weighted by Crippen LogP contribution is -2.43. The fraction of sp³-hybridized carbons (Fsp3) is 0.588. The summed E-state index contributed by atoms with van der Waals surface area (Å²) in [7, 11) is 1.59. The zero-order chi connectivity index (χ0) is 17.6. The number of benzene rings is 1. The van der Waals surface area contributed by atoms with Gasteiger partial charge < -0.3 is 20.1 Å². The number of halogens is 1. The van der Waals surface area contributed by atoms with Gasteiger partial charge >= 0.3 is 0 Å². The van der Waals surface area contributed by atoms with Crippen LogP contribution in [0.15, 0.2) is 16.6 Å². The lowest BCUT2D eigenvalue weighted by atomic mass is 10.1. The van der Waals surface area contributed by atoms with Gasteiger partial charge in [-0.2, -0.15) is 0 Å². The molecular weight excluding hydrogens is 360 g/mol. The summed E-state index contributed by atoms with van der Waals surface area (Å²) in [5, 5.41) is 6.23. The first-order valence-corrected chi connectivity index (χ1v) is 8.46. The van der Waals surface area contributed by atoms with Crippen LogP contribution in [0.3, 0.4) is 0 Å². The van der Waals surface area contributed by atoms with Gasteiger partial charge in [0.05, 0.1) is 7.11 Å². The summed E-state index contributed by atoms with van der Waals surface area (Å²) in [6, 6.07) is 4.07. The van der Waals surface area contributed by atoms with Crippen molar-refractivity contribution in [2.24, 2.45) is 0 Å². The molecule has 1 amide bonds. The standard InChI is InChI=1S/C17H27BrN2O3/c1-11(2)19-9-12-13(18)7-8-14(22-6)16(12)23-10-15(21)20-17(3,4)5/h7-8,11,19H,9-10H2,1-6H3,(H,20,21). The zero-order valence-corrected chi connectivity index (χ0v) is 16.3. The van der Waals surface area contributed by atoms with Crippen LogP contribution in [0.5, 0.6) is 11.5 Å². The molecule has 0 spiro atoms. The van der Waals surface area contributed by atoms with E-state index < -0.39 is 0 Å². The van der Waals surface area contributed by atoms with Gasteiger partial charge in [-0.05, 0) is 32.9 Å². The minimum absolute atomic E-state index is 0.0568. The highest BCUT2D eigenvalue weighted by atomic mass is 79.9. The first kappa shape index (κ1) is 19.8. The van der Waals surface area contributed by atoms with Crippen LogP contribution < -0.4 is 20.1 Å². The molecule has 1 aromatic rings. The maximum atomic E-state index is 12.0. The normalized spacial score (nSPS) is 11.5. The van der Waals surface area contributed by atoms with Gasteiger partial charge in [-0.1, -0.05) is 29.8 Å². The van der Waals surface area contributed by atoms with Crippen molar-refractivity contribution in [3.05, 3.63) is 22.2 Å². The second kappa shape index (κ2) is 8.55. The molecule has 1 rings (SSSR count). The maximum Gasteiger partial charge on any atom is 0.258 e. The van der Waals surface area contributed by atoms with E-state index in [1.54, 1.807) is 7.11 Å². The quantitative estimate of drug-likeness (QED) is 0.754. The third kappa shape index (κ3) is 6.79. The van der Waals surface area contributed by atoms with Crippen molar-refractivity contribution in [3.8, 4) is 11.5 Å². The Morgan fingerprint density at radius 1 is 1.30 bits per heavy atom. The van der Waals surface area contributed by atoms with Gasteiger partial charge in [0, 0.05) is 28.2 Å². The summed E-state index contributed by atoms with van der Waals surface area (Å²) in [6.45, 7) is 10.5. The molecule has 0 aliphatic carbocycles. The molecule has 0 unspecified atom stereocenters. The average molecular weight is 387 g/mol. The Morgan fingerprint density at radius 3 is 2.48 bits per heavy atom. The van der Waals surface area contributed by atoms with Gasteiger partial charge in [-0.25, -0.2) is 0 Å². The number of nitrogens with one attached hydrogen (secondary N) is 2. The lowest BCUT2D eigenvalue weighted by Gasteiger charge is -2.22. The number of amides is 1. The molecule has 0 atom stereocenters. The van der Waals surface area contributed by atoms with Crippen LogP contribution in [0.25, 0.3) is 0 Å². The van der Waals surface area contributed by atoms with Crippen molar-refractivity contribution in [3.63, 3.8) is 0 Å². The molecule has 23 heavy (non-hydrogen) atoms. The number of carbonyl (C=O) groups excluding carboxylic acids is 1. The highest BCUT2D eigenvalue weighted by molar-refractivity contribution is 9.10. The highest BCUT2D eigenvalue weighted by Gasteiger charge is 2.18. The smallest absolute Gasteiger partial charge is 0.258 e. The summed E-state index contributed by atoms with van der Waals surface area (Å²) in [6.07, 6.45) is 0. The van der Waals surface area contributed by atoms with E-state index >= 15 is 0 Å². The monoisotopic (exact) mass is 386 g/mol. The van der Waals surface area contributed by atoms with E-state index in [4.69, 9.17) is 9.47 Å². The van der Waals surface area contributed by atoms with E-state index in [0.717, 1.165) is 10.0 Å². The van der Waals surface area contributed by atoms with Crippen molar-refractivity contribution >= 4 is 21.8 Å². The van der Waals surface area contributed by atoms with E-state index in [1.165, 1.54) is 0 Å². The molecule has 5 nitrogen and oxygen atoms in total. The molecule has 0 fully saturated rings. The van der Waals surface area contributed by atoms with Crippen LogP contribution >= 0.6 is 15.9 Å². The third-order valence-electron chi connectivity index (χ3n) is 2.94. The van der Waals surface area contributed by atoms with Crippen molar-refractivity contribution in [1.82, 2.24) is 10.6 Å². The predicted molar refractivity (Wildman–Crippen MR) is 96.1 cm³/mol. The third-order valence-corrected chi connectivity index (χ3v) is 3.68. The summed E-state index contributed by atoms with van der Waals surface area (Å²) in [4.78, 5) is 12.0. The fourth-order valence-electron chi connectivity index (χ4n) is 1.96. The second-order valence-electron chi connectivity index (χ2n) is 6.68. The minimum Gasteiger partial charge on any atom is -0.493 e. The van der Waals surface area contributed by atoms with E-state index in [9.17, 15) is 4.79 Å². The van der Waals surface area contributed by atoms with E-state index in [1.807, 2.05) is 32.9 Å². The fourth-order valence-corrected chi connectivity index (χ4v) is 2.42. The van der Waals surface area contributed by atoms with Crippen molar-refractivity contribution in [2.75, 3.05) is 13.7 Å². The zero-order valence-electron chi connectivity index (χ0n) is 14.7. The number of carbonyl (C=O) groups is 1. The van der Waals surface area contributed by atoms with Gasteiger partial charge in [0.25, 0.3) is 5.91 Å². The molecule has 0 bridgehead atoms. The Hall–Kier alpha value is -1.27. The molecule has 0 saturated heterocycles. The minimum atomic E-state index is -0.288. The Kier molecular flexibility index (Phi) is 7.35. The highest BCUT2D eigenvalue weighted by Crippen LogP contribution is 2.36. The predicted octanol–water partition coefficient (Wildman–Crippen LogP) is 3.25. The van der Waals surface area contributed by atoms with Crippen LogP contribution in [0.4, 0.5) is 0 Å². The molecule has 6 heteroatoms. The molecule has 0 aliphatic heterocycles. The molecule has 0 saturated carbocycles. The largest absolute Gasteiger partial charge is 0.493 e. The first-order chi connectivity index (χ1) is 10.6. The Bertz CT molecular complexity index is 539. The summed E-state index contributed by atoms with van der Waals surface area (Å²) in [5.74, 6) is 1.03. The van der Waals surface area contributed by atoms with Crippen LogP contribution in [0.2, 0.25) is 0 Å². The molecule has 0 aliphatic rings. The van der Waals surface area contributed by atoms with Gasteiger partial charge in [0.15, 0.2) is 18.1 Å². The molecule has 1 aromatic carbocycles. The molecule has 0 heterocycles. The van der Waals surface area contributed by atoms with Gasteiger partial charge in [-0.3, -0.25) is 4.79 Å². The summed E-state index contributed by atoms with van der Waals surface area (Å²) < 4.78 is 12.1. The molecule has 0 radical (unpaired) electrons. The van der Waals surface area contributed by atoms with Crippen LogP contribution in [-0.2, 0) is 11.3 Å². The van der Waals surface area contributed by atoms with Crippen LogP contribution in [-0.4, -0.2) is 31.2 Å². The second-order valence-corrected chi connectivity index (χ2v) is 7.53. The van der Waals surface area contributed by atoms with Crippen molar-refractivity contribution in [2.45, 2.75) is 52.7 Å². The maximum absolute atomic E-state index is 12.0. The Balaban J connectivity index is 2.93. The van der Waals surface area contributed by atoms with Gasteiger partial charge in [0.1, 0.15) is 0 Å². The summed E-state index contributed by atoms with van der Waals surface area (Å²) in [5.41, 5.74) is 0.644. The SMILES string of the molecule is COc1ccc(Br)c(CNC(C)C)c1OCC(=O)NC(C)(C)C. The first-order valence-electron chi connectivity index (χ1n) is 7.66. The molecular formula is C17H27BrN2O3. The van der Waals surface area contributed by atoms with E-state index in [0.29, 0.717) is 24.1 Å². The van der Waals surface area contributed by atoms with Crippen LogP contribution in [0, 0.1) is 0 Å². The molecule has 0 aromatic heterocycles. The number of methoxy groups -OCH3 is 1. The lowest BCUT2D eigenvalue weighted by molar-refractivity contribution is -0.124. The number of hydrogen-bond acceptors (Lipinski definition) is 4. The van der Waals surface area contributed by atoms with Crippen LogP contribution in [0.1, 0.15) is 40.2 Å². The molecule has 2 N–H and O–H groups in total. The van der Waals surface area contributed by atoms with Crippen molar-refractivity contribution < 1.29 is 14.3 Å². The van der Waals surface area contributed by atoms with E-state index in [2.05, 4.69) is 40.4 Å². The van der Waals surface area contributed by atoms with Gasteiger partial charge in [0.2, 0.25) is 0 Å². The van der Waals surface area contributed by atoms with E-state index in [-0.39, 0.29) is 18.1 Å². The Labute approximate surface area is 147 Å². The summed E-state index contributed by atoms with van der Waals surface area (Å²) >= 11 is 3.54. The molecule has 130 valence electrons. The topological polar surface area (TPSA) is 59.6 Å². The van der Waals surface area contributed by atoms with Gasteiger partial charge in [-0.15, -0.1) is 0 Å². The number of hydrogen-bond donors (Lipinski definition) is 2. The average Bonchev–Trinajstić information content (AvgIpc) is 2.41.